The van der Waals surface area contributed by atoms with Crippen molar-refractivity contribution in [3.8, 4) is 0 Å². The Bertz CT molecular complexity index is 33.8. The summed E-state index contributed by atoms with van der Waals surface area (Å²) in [4.78, 5) is 8.33. The molecule has 0 aromatic heterocycles. The molecule has 0 aromatic carbocycles. The first-order chi connectivity index (χ1) is 1.73. The third-order valence-electron chi connectivity index (χ3n) is 0. The summed E-state index contributed by atoms with van der Waals surface area (Å²) in [5.41, 5.74) is 0. The maximum Gasteiger partial charge on any atom is 2.00 e. The van der Waals surface area contributed by atoms with E-state index in [1.807, 2.05) is 0 Å². The monoisotopic (exact) mass is 123 g/mol. The average Bonchev–Trinajstić information content (AvgIpc) is 0.811. The Morgan fingerprint density at radius 2 is 1.33 bits per heavy atom. The maximum absolute atomic E-state index is 8.33. The van der Waals surface area contributed by atoms with Crippen LogP contribution in [0, 0.1) is 0 Å². The van der Waals surface area contributed by atoms with Gasteiger partial charge >= 0.3 is 35.9 Å². The zero-order valence-corrected chi connectivity index (χ0v) is 3.28. The van der Waals surface area contributed by atoms with Crippen molar-refractivity contribution in [3.63, 3.8) is 0 Å². The minimum atomic E-state index is -2.33. The molecule has 0 aliphatic heterocycles. The van der Waals surface area contributed by atoms with Gasteiger partial charge in [-0.15, -0.1) is 0 Å². The van der Waals surface area contributed by atoms with Gasteiger partial charge in [-0.2, -0.15) is 0 Å². The Morgan fingerprint density at radius 1 is 1.33 bits per heavy atom. The quantitative estimate of drug-likeness (QED) is 0.320. The van der Waals surface area contributed by atoms with Crippen LogP contribution in [0.2, 0.25) is 0 Å². The first-order valence-corrected chi connectivity index (χ1v) is 0.612. The van der Waals surface area contributed by atoms with E-state index in [0.29, 0.717) is 0 Å². The number of carbonyl (C=O) groups excluding carboxylic acids is 1. The molecule has 0 fully saturated rings. The second-order valence-electron chi connectivity index (χ2n) is 0.250. The van der Waals surface area contributed by atoms with E-state index in [4.69, 9.17) is 15.0 Å². The standard InChI is InChI=1S/CH2O3.Li.Mn.H/c2-1(3)4;;;/h(H2,2,3,4);;;/q;;+2;/p-2. The molecule has 3 nitrogen and oxygen atoms in total. The van der Waals surface area contributed by atoms with E-state index in [1.165, 1.54) is 0 Å². The van der Waals surface area contributed by atoms with Crippen LogP contribution in [0.4, 0.5) is 4.79 Å². The molecule has 0 atom stereocenters. The number of rotatable bonds is 0. The average molecular weight is 123 g/mol. The molecule has 0 unspecified atom stereocenters. The van der Waals surface area contributed by atoms with Gasteiger partial charge in [-0.05, 0) is 6.16 Å². The SMILES string of the molecule is O=C([O-])[O-].[LiH].[Mn+2]. The topological polar surface area (TPSA) is 63.2 Å². The molecule has 0 spiro atoms. The molecule has 31 valence electrons. The molecule has 1 radical (unpaired) electrons. The molecule has 0 N–H and O–H groups in total. The fourth-order valence-electron chi connectivity index (χ4n) is 0. The van der Waals surface area contributed by atoms with Crippen molar-refractivity contribution < 1.29 is 32.1 Å². The van der Waals surface area contributed by atoms with Crippen LogP contribution in [0.3, 0.4) is 0 Å². The number of carboxylic acid groups (broad SMARTS) is 2. The van der Waals surface area contributed by atoms with Crippen molar-refractivity contribution in [2.45, 2.75) is 0 Å². The molecule has 0 aliphatic carbocycles. The van der Waals surface area contributed by atoms with Crippen molar-refractivity contribution in [3.05, 3.63) is 0 Å². The molecular formula is CHLiMnO3. The Balaban J connectivity index is -0.0000000450. The summed E-state index contributed by atoms with van der Waals surface area (Å²) < 4.78 is 0. The van der Waals surface area contributed by atoms with Crippen molar-refractivity contribution in [1.29, 1.82) is 0 Å². The number of hydrogen-bond donors (Lipinski definition) is 0. The normalized spacial score (nSPS) is 4.00. The van der Waals surface area contributed by atoms with Crippen LogP contribution in [-0.2, 0) is 17.1 Å². The van der Waals surface area contributed by atoms with E-state index in [2.05, 4.69) is 0 Å². The van der Waals surface area contributed by atoms with Crippen LogP contribution in [-0.4, -0.2) is 25.0 Å². The molecule has 0 aliphatic rings. The van der Waals surface area contributed by atoms with Gasteiger partial charge in [0.15, 0.2) is 0 Å². The van der Waals surface area contributed by atoms with Gasteiger partial charge in [0.25, 0.3) is 0 Å². The molecule has 0 aromatic rings. The Labute approximate surface area is 57.4 Å². The van der Waals surface area contributed by atoms with E-state index in [1.54, 1.807) is 0 Å². The first kappa shape index (κ1) is 16.2. The van der Waals surface area contributed by atoms with Crippen LogP contribution < -0.4 is 10.2 Å². The fraction of sp³-hybridized carbons (Fsp3) is 0. The minimum absolute atomic E-state index is 0. The van der Waals surface area contributed by atoms with Crippen molar-refractivity contribution in [1.82, 2.24) is 0 Å². The van der Waals surface area contributed by atoms with Crippen LogP contribution in [0.15, 0.2) is 0 Å². The van der Waals surface area contributed by atoms with E-state index >= 15 is 0 Å². The maximum atomic E-state index is 8.33. The smallest absolute Gasteiger partial charge is 2.00 e. The zero-order valence-electron chi connectivity index (χ0n) is 2.10. The van der Waals surface area contributed by atoms with E-state index in [9.17, 15) is 0 Å². The minimum Gasteiger partial charge on any atom is 2.00 e. The molecule has 0 rings (SSSR count). The fourth-order valence-corrected chi connectivity index (χ4v) is 0. The van der Waals surface area contributed by atoms with Gasteiger partial charge in [0, 0.05) is 0 Å². The third kappa shape index (κ3) is 336. The third-order valence-corrected chi connectivity index (χ3v) is 0. The molecule has 0 saturated heterocycles. The summed E-state index contributed by atoms with van der Waals surface area (Å²) in [7, 11) is 0. The molecule has 6 heavy (non-hydrogen) atoms. The Hall–Kier alpha value is 0.387. The van der Waals surface area contributed by atoms with Gasteiger partial charge in [-0.1, -0.05) is 0 Å². The van der Waals surface area contributed by atoms with Gasteiger partial charge in [-0.25, -0.2) is 0 Å². The Morgan fingerprint density at radius 3 is 1.33 bits per heavy atom. The second-order valence-corrected chi connectivity index (χ2v) is 0.250. The van der Waals surface area contributed by atoms with E-state index < -0.39 is 6.16 Å². The van der Waals surface area contributed by atoms with Crippen LogP contribution >= 0.6 is 0 Å². The van der Waals surface area contributed by atoms with Crippen LogP contribution in [0.5, 0.6) is 0 Å². The molecule has 0 heterocycles. The predicted octanol–water partition coefficient (Wildman–Crippen LogP) is -3.10. The first-order valence-electron chi connectivity index (χ1n) is 0.612. The molecule has 0 amide bonds. The molecule has 0 bridgehead atoms. The van der Waals surface area contributed by atoms with Gasteiger partial charge in [0.2, 0.25) is 0 Å². The van der Waals surface area contributed by atoms with Crippen molar-refractivity contribution in [2.24, 2.45) is 0 Å². The van der Waals surface area contributed by atoms with Gasteiger partial charge in [-0.3, -0.25) is 0 Å². The van der Waals surface area contributed by atoms with Gasteiger partial charge in [0.1, 0.15) is 0 Å². The summed E-state index contributed by atoms with van der Waals surface area (Å²) in [6.45, 7) is 0. The number of hydrogen-bond acceptors (Lipinski definition) is 3. The van der Waals surface area contributed by atoms with Crippen LogP contribution in [0.1, 0.15) is 0 Å². The molecule has 5 heteroatoms. The Kier molecular flexibility index (Phi) is 24.3. The van der Waals surface area contributed by atoms with Gasteiger partial charge < -0.3 is 15.0 Å². The van der Waals surface area contributed by atoms with E-state index in [0.717, 1.165) is 0 Å². The number of carbonyl (C=O) groups is 1. The molecular weight excluding hydrogens is 122 g/mol. The van der Waals surface area contributed by atoms with Gasteiger partial charge in [0.05, 0.1) is 0 Å². The summed E-state index contributed by atoms with van der Waals surface area (Å²) in [5.74, 6) is 0. The summed E-state index contributed by atoms with van der Waals surface area (Å²) in [6.07, 6.45) is -2.33. The summed E-state index contributed by atoms with van der Waals surface area (Å²) in [5, 5.41) is 16.7. The second kappa shape index (κ2) is 9.04. The largest absolute Gasteiger partial charge is 2.00 e. The van der Waals surface area contributed by atoms with E-state index in [-0.39, 0.29) is 35.9 Å². The summed E-state index contributed by atoms with van der Waals surface area (Å²) >= 11 is 0. The molecule has 0 saturated carbocycles. The van der Waals surface area contributed by atoms with Crippen molar-refractivity contribution >= 4 is 25.0 Å². The summed E-state index contributed by atoms with van der Waals surface area (Å²) in [6, 6.07) is 0. The van der Waals surface area contributed by atoms with Crippen LogP contribution in [0.25, 0.3) is 0 Å². The predicted molar refractivity (Wildman–Crippen MR) is 12.5 cm³/mol. The zero-order chi connectivity index (χ0) is 3.58. The van der Waals surface area contributed by atoms with Crippen molar-refractivity contribution in [2.75, 3.05) is 0 Å².